The number of fused-ring (bicyclic) bond motifs is 2. The van der Waals surface area contributed by atoms with Gasteiger partial charge in [0.1, 0.15) is 5.56 Å². The van der Waals surface area contributed by atoms with Crippen LogP contribution in [-0.2, 0) is 11.3 Å². The molecule has 3 aromatic rings. The molecule has 2 aliphatic heterocycles. The van der Waals surface area contributed by atoms with Gasteiger partial charge in [0.05, 0.1) is 42.0 Å². The van der Waals surface area contributed by atoms with Crippen molar-refractivity contribution in [3.8, 4) is 0 Å². The third-order valence-electron chi connectivity index (χ3n) is 5.38. The minimum absolute atomic E-state index is 0.0129. The number of ether oxygens (including phenoxy) is 1. The third kappa shape index (κ3) is 3.16. The molecule has 5 rings (SSSR count). The summed E-state index contributed by atoms with van der Waals surface area (Å²) in [6, 6.07) is 3.76. The van der Waals surface area contributed by atoms with E-state index in [0.717, 1.165) is 11.3 Å². The second-order valence-electron chi connectivity index (χ2n) is 7.34. The highest BCUT2D eigenvalue weighted by atomic mass is 35.5. The van der Waals surface area contributed by atoms with Gasteiger partial charge in [0.25, 0.3) is 11.8 Å². The smallest absolute Gasteiger partial charge is 0.261 e. The fourth-order valence-electron chi connectivity index (χ4n) is 3.86. The number of carbonyl (C=O) groups is 2. The standard InChI is InChI=1S/C20H19ClN6O3/c1-25-10-12-6-16(17(7-14(12)20(25)29)26-2-4-30-5-3-26)24-19(28)15-9-23-27-11-13(21)8-22-18(15)27/h6-9,11H,2-5,10H2,1H3,(H,24,28). The van der Waals surface area contributed by atoms with E-state index in [-0.39, 0.29) is 11.8 Å². The summed E-state index contributed by atoms with van der Waals surface area (Å²) in [5.41, 5.74) is 3.77. The summed E-state index contributed by atoms with van der Waals surface area (Å²) in [7, 11) is 1.77. The van der Waals surface area contributed by atoms with Crippen molar-refractivity contribution in [2.24, 2.45) is 0 Å². The quantitative estimate of drug-likeness (QED) is 0.689. The summed E-state index contributed by atoms with van der Waals surface area (Å²) in [5, 5.41) is 7.59. The molecule has 1 saturated heterocycles. The fraction of sp³-hybridized carbons (Fsp3) is 0.300. The number of amides is 2. The zero-order chi connectivity index (χ0) is 20.8. The van der Waals surface area contributed by atoms with Crippen molar-refractivity contribution in [1.82, 2.24) is 19.5 Å². The first-order chi connectivity index (χ1) is 14.5. The minimum atomic E-state index is -0.327. The first-order valence-electron chi connectivity index (χ1n) is 9.56. The van der Waals surface area contributed by atoms with E-state index >= 15 is 0 Å². The van der Waals surface area contributed by atoms with Gasteiger partial charge in [-0.3, -0.25) is 9.59 Å². The molecule has 2 amide bonds. The van der Waals surface area contributed by atoms with Crippen LogP contribution in [0.25, 0.3) is 5.65 Å². The van der Waals surface area contributed by atoms with Crippen LogP contribution in [0.15, 0.2) is 30.7 Å². The third-order valence-corrected chi connectivity index (χ3v) is 5.57. The number of hydrogen-bond donors (Lipinski definition) is 1. The number of benzene rings is 1. The SMILES string of the molecule is CN1Cc2cc(NC(=O)c3cnn4cc(Cl)cnc34)c(N3CCOCC3)cc2C1=O. The van der Waals surface area contributed by atoms with Crippen LogP contribution < -0.4 is 10.2 Å². The Morgan fingerprint density at radius 2 is 2.03 bits per heavy atom. The molecule has 154 valence electrons. The van der Waals surface area contributed by atoms with E-state index in [1.165, 1.54) is 16.9 Å². The van der Waals surface area contributed by atoms with Gasteiger partial charge in [-0.05, 0) is 17.7 Å². The number of halogens is 1. The number of morpholine rings is 1. The summed E-state index contributed by atoms with van der Waals surface area (Å²) in [6.07, 6.45) is 4.54. The molecular formula is C20H19ClN6O3. The van der Waals surface area contributed by atoms with E-state index in [4.69, 9.17) is 16.3 Å². The van der Waals surface area contributed by atoms with Gasteiger partial charge < -0.3 is 19.9 Å². The Morgan fingerprint density at radius 3 is 2.83 bits per heavy atom. The molecule has 9 nitrogen and oxygen atoms in total. The number of nitrogens with zero attached hydrogens (tertiary/aromatic N) is 5. The average molecular weight is 427 g/mol. The van der Waals surface area contributed by atoms with E-state index in [2.05, 4.69) is 20.3 Å². The zero-order valence-corrected chi connectivity index (χ0v) is 17.0. The predicted octanol–water partition coefficient (Wildman–Crippen LogP) is 2.06. The highest BCUT2D eigenvalue weighted by molar-refractivity contribution is 6.30. The molecule has 4 heterocycles. The van der Waals surface area contributed by atoms with E-state index < -0.39 is 0 Å². The van der Waals surface area contributed by atoms with E-state index in [1.54, 1.807) is 18.1 Å². The maximum Gasteiger partial charge on any atom is 0.261 e. The van der Waals surface area contributed by atoms with E-state index in [0.29, 0.717) is 60.3 Å². The number of carbonyl (C=O) groups excluding carboxylic acids is 2. The van der Waals surface area contributed by atoms with E-state index in [9.17, 15) is 9.59 Å². The fourth-order valence-corrected chi connectivity index (χ4v) is 4.00. The molecule has 0 saturated carbocycles. The highest BCUT2D eigenvalue weighted by Gasteiger charge is 2.28. The van der Waals surface area contributed by atoms with Crippen LogP contribution in [0.4, 0.5) is 11.4 Å². The van der Waals surface area contributed by atoms with Crippen molar-refractivity contribution in [3.63, 3.8) is 0 Å². The van der Waals surface area contributed by atoms with Crippen molar-refractivity contribution in [1.29, 1.82) is 0 Å². The summed E-state index contributed by atoms with van der Waals surface area (Å²) in [4.78, 5) is 33.6. The van der Waals surface area contributed by atoms with Gasteiger partial charge in [0.15, 0.2) is 5.65 Å². The number of nitrogens with one attached hydrogen (secondary N) is 1. The Kier molecular flexibility index (Phi) is 4.56. The van der Waals surface area contributed by atoms with Gasteiger partial charge in [-0.1, -0.05) is 11.6 Å². The van der Waals surface area contributed by atoms with Gasteiger partial charge in [0.2, 0.25) is 0 Å². The second-order valence-corrected chi connectivity index (χ2v) is 7.78. The normalized spacial score (nSPS) is 16.3. The van der Waals surface area contributed by atoms with Crippen molar-refractivity contribution in [3.05, 3.63) is 52.4 Å². The maximum absolute atomic E-state index is 13.1. The Balaban J connectivity index is 1.53. The maximum atomic E-state index is 13.1. The molecule has 0 spiro atoms. The minimum Gasteiger partial charge on any atom is -0.378 e. The average Bonchev–Trinajstić information content (AvgIpc) is 3.28. The summed E-state index contributed by atoms with van der Waals surface area (Å²) >= 11 is 5.95. The van der Waals surface area contributed by atoms with Crippen molar-refractivity contribution in [2.45, 2.75) is 6.54 Å². The van der Waals surface area contributed by atoms with Crippen LogP contribution in [0, 0.1) is 0 Å². The first-order valence-corrected chi connectivity index (χ1v) is 9.94. The van der Waals surface area contributed by atoms with Crippen LogP contribution in [0.5, 0.6) is 0 Å². The van der Waals surface area contributed by atoms with Crippen LogP contribution >= 0.6 is 11.6 Å². The zero-order valence-electron chi connectivity index (χ0n) is 16.3. The van der Waals surface area contributed by atoms with Gasteiger partial charge >= 0.3 is 0 Å². The van der Waals surface area contributed by atoms with Crippen LogP contribution in [0.2, 0.25) is 5.02 Å². The molecule has 0 radical (unpaired) electrons. The molecular weight excluding hydrogens is 408 g/mol. The topological polar surface area (TPSA) is 92.1 Å². The van der Waals surface area contributed by atoms with Crippen molar-refractivity contribution >= 4 is 40.4 Å². The molecule has 2 aromatic heterocycles. The Morgan fingerprint density at radius 1 is 1.23 bits per heavy atom. The lowest BCUT2D eigenvalue weighted by atomic mass is 10.1. The second kappa shape index (κ2) is 7.26. The molecule has 1 fully saturated rings. The van der Waals surface area contributed by atoms with Gasteiger partial charge in [-0.2, -0.15) is 5.10 Å². The Labute approximate surface area is 177 Å². The molecule has 0 atom stereocenters. The molecule has 0 unspecified atom stereocenters. The largest absolute Gasteiger partial charge is 0.378 e. The number of rotatable bonds is 3. The predicted molar refractivity (Wildman–Crippen MR) is 111 cm³/mol. The van der Waals surface area contributed by atoms with Crippen molar-refractivity contribution in [2.75, 3.05) is 43.6 Å². The lowest BCUT2D eigenvalue weighted by molar-refractivity contribution is 0.0816. The number of anilines is 2. The van der Waals surface area contributed by atoms with Gasteiger partial charge in [0, 0.05) is 38.4 Å². The van der Waals surface area contributed by atoms with Crippen LogP contribution in [0.3, 0.4) is 0 Å². The van der Waals surface area contributed by atoms with Gasteiger partial charge in [-0.15, -0.1) is 0 Å². The molecule has 1 N–H and O–H groups in total. The molecule has 0 bridgehead atoms. The molecule has 10 heteroatoms. The summed E-state index contributed by atoms with van der Waals surface area (Å²) in [5.74, 6) is -0.340. The Hall–Kier alpha value is -3.17. The first kappa shape index (κ1) is 18.8. The lowest BCUT2D eigenvalue weighted by Crippen LogP contribution is -2.37. The summed E-state index contributed by atoms with van der Waals surface area (Å²) in [6.45, 7) is 3.07. The number of aromatic nitrogens is 3. The Bertz CT molecular complexity index is 1170. The van der Waals surface area contributed by atoms with Gasteiger partial charge in [-0.25, -0.2) is 9.50 Å². The van der Waals surface area contributed by atoms with Crippen molar-refractivity contribution < 1.29 is 14.3 Å². The highest BCUT2D eigenvalue weighted by Crippen LogP contribution is 2.34. The monoisotopic (exact) mass is 426 g/mol. The molecule has 2 aliphatic rings. The molecule has 30 heavy (non-hydrogen) atoms. The lowest BCUT2D eigenvalue weighted by Gasteiger charge is -2.31. The summed E-state index contributed by atoms with van der Waals surface area (Å²) < 4.78 is 6.92. The molecule has 0 aliphatic carbocycles. The van der Waals surface area contributed by atoms with Crippen LogP contribution in [-0.4, -0.2) is 64.7 Å². The molecule has 1 aromatic carbocycles. The number of hydrogen-bond acceptors (Lipinski definition) is 6. The van der Waals surface area contributed by atoms with Crippen LogP contribution in [0.1, 0.15) is 26.3 Å². The van der Waals surface area contributed by atoms with E-state index in [1.807, 2.05) is 12.1 Å².